The van der Waals surface area contributed by atoms with Gasteiger partial charge < -0.3 is 9.64 Å². The topological polar surface area (TPSA) is 29.5 Å². The lowest BCUT2D eigenvalue weighted by atomic mass is 10.1. The maximum atomic E-state index is 14.3. The van der Waals surface area contributed by atoms with Crippen molar-refractivity contribution in [2.75, 3.05) is 25.2 Å². The molecular formula is C16H24FNO2. The fraction of sp³-hybridized carbons (Fsp3) is 0.562. The standard InChI is InChI=1S/C16H24FNO2/c1-5-14(6-2)18(9-10-20-4)16-8-7-13(12(3)19)11-15(16)17/h7-8,11,14H,5-6,9-10H2,1-4H3. The maximum Gasteiger partial charge on any atom is 0.159 e. The number of rotatable bonds is 8. The zero-order chi connectivity index (χ0) is 15.1. The molecule has 0 aliphatic heterocycles. The normalized spacial score (nSPS) is 10.9. The minimum atomic E-state index is -0.347. The summed E-state index contributed by atoms with van der Waals surface area (Å²) in [6, 6.07) is 4.96. The van der Waals surface area contributed by atoms with Gasteiger partial charge in [0, 0.05) is 25.3 Å². The lowest BCUT2D eigenvalue weighted by Crippen LogP contribution is -2.37. The van der Waals surface area contributed by atoms with Crippen LogP contribution >= 0.6 is 0 Å². The third-order valence-electron chi connectivity index (χ3n) is 3.58. The number of ether oxygens (including phenoxy) is 1. The average Bonchev–Trinajstić information content (AvgIpc) is 2.43. The van der Waals surface area contributed by atoms with Crippen molar-refractivity contribution in [1.82, 2.24) is 0 Å². The van der Waals surface area contributed by atoms with Gasteiger partial charge in [-0.1, -0.05) is 13.8 Å². The largest absolute Gasteiger partial charge is 0.383 e. The minimum absolute atomic E-state index is 0.124. The van der Waals surface area contributed by atoms with Crippen LogP contribution in [0.5, 0.6) is 0 Å². The monoisotopic (exact) mass is 281 g/mol. The van der Waals surface area contributed by atoms with Crippen molar-refractivity contribution in [3.63, 3.8) is 0 Å². The summed E-state index contributed by atoms with van der Waals surface area (Å²) >= 11 is 0. The number of carbonyl (C=O) groups is 1. The zero-order valence-corrected chi connectivity index (χ0v) is 12.8. The van der Waals surface area contributed by atoms with Crippen molar-refractivity contribution >= 4 is 11.5 Å². The minimum Gasteiger partial charge on any atom is -0.383 e. The van der Waals surface area contributed by atoms with E-state index in [4.69, 9.17) is 4.74 Å². The van der Waals surface area contributed by atoms with Crippen LogP contribution < -0.4 is 4.90 Å². The Kier molecular flexibility index (Phi) is 6.65. The Morgan fingerprint density at radius 2 is 2.00 bits per heavy atom. The van der Waals surface area contributed by atoms with Crippen LogP contribution in [-0.2, 0) is 4.74 Å². The van der Waals surface area contributed by atoms with E-state index >= 15 is 0 Å². The molecule has 0 atom stereocenters. The summed E-state index contributed by atoms with van der Waals surface area (Å²) in [6.07, 6.45) is 1.88. The van der Waals surface area contributed by atoms with Crippen molar-refractivity contribution < 1.29 is 13.9 Å². The number of ketones is 1. The molecule has 0 aromatic heterocycles. The van der Waals surface area contributed by atoms with Crippen molar-refractivity contribution in [3.05, 3.63) is 29.6 Å². The maximum absolute atomic E-state index is 14.3. The molecule has 112 valence electrons. The van der Waals surface area contributed by atoms with Gasteiger partial charge in [0.15, 0.2) is 5.78 Å². The summed E-state index contributed by atoms with van der Waals surface area (Å²) in [5.41, 5.74) is 0.947. The van der Waals surface area contributed by atoms with Crippen molar-refractivity contribution in [2.45, 2.75) is 39.7 Å². The number of benzene rings is 1. The summed E-state index contributed by atoms with van der Waals surface area (Å²) < 4.78 is 19.4. The molecule has 0 amide bonds. The van der Waals surface area contributed by atoms with Gasteiger partial charge in [0.25, 0.3) is 0 Å². The second kappa shape index (κ2) is 8.00. The van der Waals surface area contributed by atoms with E-state index in [0.29, 0.717) is 24.4 Å². The number of Topliss-reactive ketones (excluding diaryl/α,β-unsaturated/α-hetero) is 1. The predicted octanol–water partition coefficient (Wildman–Crippen LogP) is 3.67. The first-order chi connectivity index (χ1) is 9.54. The molecule has 20 heavy (non-hydrogen) atoms. The molecule has 0 bridgehead atoms. The molecule has 3 nitrogen and oxygen atoms in total. The van der Waals surface area contributed by atoms with Gasteiger partial charge in [-0.15, -0.1) is 0 Å². The highest BCUT2D eigenvalue weighted by atomic mass is 19.1. The van der Waals surface area contributed by atoms with Crippen LogP contribution in [0.4, 0.5) is 10.1 Å². The summed E-state index contributed by atoms with van der Waals surface area (Å²) in [5.74, 6) is -0.470. The zero-order valence-electron chi connectivity index (χ0n) is 12.8. The Hall–Kier alpha value is -1.42. The van der Waals surface area contributed by atoms with E-state index in [2.05, 4.69) is 13.8 Å². The molecule has 1 aromatic carbocycles. The van der Waals surface area contributed by atoms with E-state index in [0.717, 1.165) is 12.8 Å². The molecule has 0 saturated heterocycles. The number of methoxy groups -OCH3 is 1. The van der Waals surface area contributed by atoms with Gasteiger partial charge in [0.2, 0.25) is 0 Å². The van der Waals surface area contributed by atoms with Crippen molar-refractivity contribution in [3.8, 4) is 0 Å². The number of halogens is 1. The molecule has 0 aliphatic rings. The van der Waals surface area contributed by atoms with Crippen LogP contribution in [0.1, 0.15) is 44.0 Å². The Morgan fingerprint density at radius 3 is 2.45 bits per heavy atom. The fourth-order valence-electron chi connectivity index (χ4n) is 2.38. The first-order valence-corrected chi connectivity index (χ1v) is 7.11. The molecule has 0 N–H and O–H groups in total. The van der Waals surface area contributed by atoms with E-state index < -0.39 is 0 Å². The third-order valence-corrected chi connectivity index (χ3v) is 3.58. The van der Waals surface area contributed by atoms with Gasteiger partial charge in [-0.25, -0.2) is 4.39 Å². The Balaban J connectivity index is 3.09. The molecule has 0 aliphatic carbocycles. The van der Waals surface area contributed by atoms with E-state index in [-0.39, 0.29) is 17.6 Å². The van der Waals surface area contributed by atoms with Gasteiger partial charge >= 0.3 is 0 Å². The number of nitrogens with zero attached hydrogens (tertiary/aromatic N) is 1. The third kappa shape index (κ3) is 4.04. The van der Waals surface area contributed by atoms with Crippen LogP contribution in [0.15, 0.2) is 18.2 Å². The van der Waals surface area contributed by atoms with E-state index in [1.165, 1.54) is 13.0 Å². The highest BCUT2D eigenvalue weighted by Crippen LogP contribution is 2.25. The number of carbonyl (C=O) groups excluding carboxylic acids is 1. The molecule has 1 aromatic rings. The highest BCUT2D eigenvalue weighted by molar-refractivity contribution is 5.94. The van der Waals surface area contributed by atoms with Crippen molar-refractivity contribution in [2.24, 2.45) is 0 Å². The molecular weight excluding hydrogens is 257 g/mol. The summed E-state index contributed by atoms with van der Waals surface area (Å²) in [5, 5.41) is 0. The second-order valence-electron chi connectivity index (χ2n) is 4.88. The van der Waals surface area contributed by atoms with Gasteiger partial charge in [0.1, 0.15) is 5.82 Å². The number of anilines is 1. The van der Waals surface area contributed by atoms with E-state index in [1.54, 1.807) is 19.2 Å². The molecule has 0 fully saturated rings. The summed E-state index contributed by atoms with van der Waals surface area (Å²) in [6.45, 7) is 6.81. The predicted molar refractivity (Wildman–Crippen MR) is 80.0 cm³/mol. The Bertz CT molecular complexity index is 444. The Morgan fingerprint density at radius 1 is 1.35 bits per heavy atom. The first kappa shape index (κ1) is 16.6. The molecule has 1 rings (SSSR count). The van der Waals surface area contributed by atoms with Gasteiger partial charge in [-0.2, -0.15) is 0 Å². The number of hydrogen-bond acceptors (Lipinski definition) is 3. The summed E-state index contributed by atoms with van der Waals surface area (Å²) in [7, 11) is 1.64. The smallest absolute Gasteiger partial charge is 0.159 e. The summed E-state index contributed by atoms with van der Waals surface area (Å²) in [4.78, 5) is 13.3. The Labute approximate surface area is 120 Å². The lowest BCUT2D eigenvalue weighted by Gasteiger charge is -2.32. The quantitative estimate of drug-likeness (QED) is 0.681. The fourth-order valence-corrected chi connectivity index (χ4v) is 2.38. The highest BCUT2D eigenvalue weighted by Gasteiger charge is 2.19. The van der Waals surface area contributed by atoms with E-state index in [1.807, 2.05) is 4.90 Å². The van der Waals surface area contributed by atoms with Crippen molar-refractivity contribution in [1.29, 1.82) is 0 Å². The van der Waals surface area contributed by atoms with Gasteiger partial charge in [-0.3, -0.25) is 4.79 Å². The second-order valence-corrected chi connectivity index (χ2v) is 4.88. The van der Waals surface area contributed by atoms with Crippen LogP contribution in [-0.4, -0.2) is 32.1 Å². The lowest BCUT2D eigenvalue weighted by molar-refractivity contribution is 0.101. The van der Waals surface area contributed by atoms with E-state index in [9.17, 15) is 9.18 Å². The molecule has 0 spiro atoms. The SMILES string of the molecule is CCC(CC)N(CCOC)c1ccc(C(C)=O)cc1F. The van der Waals surface area contributed by atoms with Crippen LogP contribution in [0.2, 0.25) is 0 Å². The van der Waals surface area contributed by atoms with Crippen LogP contribution in [0.3, 0.4) is 0 Å². The first-order valence-electron chi connectivity index (χ1n) is 7.11. The molecule has 4 heteroatoms. The van der Waals surface area contributed by atoms with Crippen LogP contribution in [0, 0.1) is 5.82 Å². The average molecular weight is 281 g/mol. The molecule has 0 heterocycles. The van der Waals surface area contributed by atoms with Gasteiger partial charge in [0.05, 0.1) is 12.3 Å². The van der Waals surface area contributed by atoms with Gasteiger partial charge in [-0.05, 0) is 38.0 Å². The number of hydrogen-bond donors (Lipinski definition) is 0. The van der Waals surface area contributed by atoms with Crippen LogP contribution in [0.25, 0.3) is 0 Å². The molecule has 0 radical (unpaired) electrons. The molecule has 0 saturated carbocycles. The molecule has 0 unspecified atom stereocenters.